The number of ether oxygens (including phenoxy) is 1. The third-order valence-corrected chi connectivity index (χ3v) is 4.43. The van der Waals surface area contributed by atoms with Crippen LogP contribution < -0.4 is 5.73 Å². The molecule has 0 aliphatic rings. The molecule has 0 fully saturated rings. The fourth-order valence-electron chi connectivity index (χ4n) is 2.95. The average Bonchev–Trinajstić information content (AvgIpc) is 2.87. The number of nitrogens with two attached hydrogens (primary N) is 1. The van der Waals surface area contributed by atoms with E-state index in [0.29, 0.717) is 27.7 Å². The normalized spacial score (nSPS) is 10.7. The van der Waals surface area contributed by atoms with Gasteiger partial charge < -0.3 is 15.0 Å². The van der Waals surface area contributed by atoms with Crippen molar-refractivity contribution >= 4 is 23.3 Å². The van der Waals surface area contributed by atoms with Crippen LogP contribution in [0.2, 0.25) is 5.02 Å². The van der Waals surface area contributed by atoms with Crippen molar-refractivity contribution in [3.63, 3.8) is 0 Å². The quantitative estimate of drug-likeness (QED) is 0.537. The predicted octanol–water partition coefficient (Wildman–Crippen LogP) is 4.87. The van der Waals surface area contributed by atoms with Gasteiger partial charge in [-0.05, 0) is 32.0 Å². The lowest BCUT2D eigenvalue weighted by Crippen LogP contribution is -2.07. The maximum Gasteiger partial charge on any atom is 0.341 e. The number of benzene rings is 2. The number of carbonyl (C=O) groups excluding carboxylic acids is 1. The summed E-state index contributed by atoms with van der Waals surface area (Å²) < 4.78 is 7.14. The summed E-state index contributed by atoms with van der Waals surface area (Å²) in [5.74, 6) is -0.435. The Bertz CT molecular complexity index is 917. The van der Waals surface area contributed by atoms with Crippen LogP contribution in [0.25, 0.3) is 16.9 Å². The van der Waals surface area contributed by atoms with Gasteiger partial charge in [0.15, 0.2) is 0 Å². The topological polar surface area (TPSA) is 57.2 Å². The second-order valence-corrected chi connectivity index (χ2v) is 5.98. The summed E-state index contributed by atoms with van der Waals surface area (Å²) in [5.41, 5.74) is 10.2. The minimum Gasteiger partial charge on any atom is -0.462 e. The van der Waals surface area contributed by atoms with Crippen molar-refractivity contribution in [2.24, 2.45) is 0 Å². The Kier molecular flexibility index (Phi) is 4.81. The predicted molar refractivity (Wildman–Crippen MR) is 101 cm³/mol. The smallest absolute Gasteiger partial charge is 0.341 e. The van der Waals surface area contributed by atoms with Gasteiger partial charge in [0.1, 0.15) is 0 Å². The molecular weight excluding hydrogens is 336 g/mol. The summed E-state index contributed by atoms with van der Waals surface area (Å²) in [6.45, 7) is 3.91. The van der Waals surface area contributed by atoms with Gasteiger partial charge in [-0.2, -0.15) is 0 Å². The zero-order chi connectivity index (χ0) is 18.0. The van der Waals surface area contributed by atoms with E-state index in [-0.39, 0.29) is 6.61 Å². The second-order valence-electron chi connectivity index (χ2n) is 5.60. The average molecular weight is 355 g/mol. The number of carbonyl (C=O) groups is 1. The van der Waals surface area contributed by atoms with Crippen LogP contribution in [-0.2, 0) is 4.74 Å². The Morgan fingerprint density at radius 3 is 2.40 bits per heavy atom. The molecule has 2 aromatic carbocycles. The molecule has 0 radical (unpaired) electrons. The first-order valence-electron chi connectivity index (χ1n) is 8.04. The van der Waals surface area contributed by atoms with Crippen LogP contribution in [0.4, 0.5) is 5.69 Å². The maximum absolute atomic E-state index is 12.4. The Balaban J connectivity index is 2.35. The molecule has 5 heteroatoms. The van der Waals surface area contributed by atoms with Crippen LogP contribution in [0.3, 0.4) is 0 Å². The number of hydrogen-bond acceptors (Lipinski definition) is 3. The monoisotopic (exact) mass is 354 g/mol. The van der Waals surface area contributed by atoms with Crippen LogP contribution in [0.1, 0.15) is 23.0 Å². The number of rotatable bonds is 4. The highest BCUT2D eigenvalue weighted by Crippen LogP contribution is 2.40. The standard InChI is InChI=1S/C20H19ClN2O2/c1-3-25-20(24)17-13(2)23(14-9-5-4-6-10-14)19(18(17)21)15-11-7-8-12-16(15)22/h4-12H,3,22H2,1-2H3. The minimum atomic E-state index is -0.435. The van der Waals surface area contributed by atoms with Gasteiger partial charge in [-0.25, -0.2) is 4.79 Å². The summed E-state index contributed by atoms with van der Waals surface area (Å²) in [5, 5.41) is 0.345. The van der Waals surface area contributed by atoms with E-state index in [0.717, 1.165) is 11.3 Å². The molecule has 0 amide bonds. The molecule has 3 rings (SSSR count). The molecular formula is C20H19ClN2O2. The van der Waals surface area contributed by atoms with Gasteiger partial charge in [0, 0.05) is 22.6 Å². The summed E-state index contributed by atoms with van der Waals surface area (Å²) in [4.78, 5) is 12.4. The van der Waals surface area contributed by atoms with Crippen molar-refractivity contribution in [3.8, 4) is 16.9 Å². The summed E-state index contributed by atoms with van der Waals surface area (Å²) in [7, 11) is 0. The van der Waals surface area contributed by atoms with Crippen LogP contribution in [0, 0.1) is 6.92 Å². The fourth-order valence-corrected chi connectivity index (χ4v) is 3.35. The van der Waals surface area contributed by atoms with Gasteiger partial charge in [-0.15, -0.1) is 0 Å². The molecule has 25 heavy (non-hydrogen) atoms. The SMILES string of the molecule is CCOC(=O)c1c(Cl)c(-c2ccccc2N)n(-c2ccccc2)c1C. The second kappa shape index (κ2) is 7.03. The zero-order valence-corrected chi connectivity index (χ0v) is 14.9. The Morgan fingerprint density at radius 2 is 1.76 bits per heavy atom. The summed E-state index contributed by atoms with van der Waals surface area (Å²) >= 11 is 6.64. The summed E-state index contributed by atoms with van der Waals surface area (Å²) in [6.07, 6.45) is 0. The van der Waals surface area contributed by atoms with Gasteiger partial charge in [0.05, 0.1) is 22.9 Å². The Morgan fingerprint density at radius 1 is 1.12 bits per heavy atom. The maximum atomic E-state index is 12.4. The molecule has 2 N–H and O–H groups in total. The molecule has 1 heterocycles. The van der Waals surface area contributed by atoms with E-state index in [1.807, 2.05) is 66.1 Å². The van der Waals surface area contributed by atoms with E-state index in [1.165, 1.54) is 0 Å². The Hall–Kier alpha value is -2.72. The molecule has 0 aliphatic carbocycles. The lowest BCUT2D eigenvalue weighted by molar-refractivity contribution is 0.0526. The van der Waals surface area contributed by atoms with Crippen molar-refractivity contribution in [1.82, 2.24) is 4.57 Å². The van der Waals surface area contributed by atoms with Crippen LogP contribution in [-0.4, -0.2) is 17.1 Å². The highest BCUT2D eigenvalue weighted by molar-refractivity contribution is 6.36. The minimum absolute atomic E-state index is 0.286. The number of halogens is 1. The van der Waals surface area contributed by atoms with Crippen LogP contribution in [0.15, 0.2) is 54.6 Å². The lowest BCUT2D eigenvalue weighted by atomic mass is 10.1. The number of para-hydroxylation sites is 2. The van der Waals surface area contributed by atoms with E-state index in [4.69, 9.17) is 22.1 Å². The fraction of sp³-hybridized carbons (Fsp3) is 0.150. The van der Waals surface area contributed by atoms with E-state index < -0.39 is 5.97 Å². The number of nitrogens with zero attached hydrogens (tertiary/aromatic N) is 1. The van der Waals surface area contributed by atoms with E-state index in [9.17, 15) is 4.79 Å². The summed E-state index contributed by atoms with van der Waals surface area (Å²) in [6, 6.07) is 17.2. The van der Waals surface area contributed by atoms with Crippen molar-refractivity contribution in [3.05, 3.63) is 70.9 Å². The first-order chi connectivity index (χ1) is 12.1. The molecule has 0 atom stereocenters. The Labute approximate surface area is 151 Å². The van der Waals surface area contributed by atoms with E-state index in [2.05, 4.69) is 0 Å². The molecule has 0 aliphatic heterocycles. The van der Waals surface area contributed by atoms with Gasteiger partial charge in [-0.1, -0.05) is 48.0 Å². The van der Waals surface area contributed by atoms with Gasteiger partial charge in [-0.3, -0.25) is 0 Å². The number of hydrogen-bond donors (Lipinski definition) is 1. The van der Waals surface area contributed by atoms with Crippen LogP contribution >= 0.6 is 11.6 Å². The van der Waals surface area contributed by atoms with Crippen molar-refractivity contribution in [1.29, 1.82) is 0 Å². The molecule has 3 aromatic rings. The highest BCUT2D eigenvalue weighted by atomic mass is 35.5. The third kappa shape index (κ3) is 3.01. The molecule has 0 saturated heterocycles. The van der Waals surface area contributed by atoms with Crippen molar-refractivity contribution in [2.75, 3.05) is 12.3 Å². The molecule has 0 saturated carbocycles. The number of anilines is 1. The molecule has 1 aromatic heterocycles. The molecule has 0 spiro atoms. The largest absolute Gasteiger partial charge is 0.462 e. The highest BCUT2D eigenvalue weighted by Gasteiger charge is 2.27. The number of nitrogen functional groups attached to an aromatic ring is 1. The van der Waals surface area contributed by atoms with E-state index in [1.54, 1.807) is 6.92 Å². The number of aromatic nitrogens is 1. The first kappa shape index (κ1) is 17.1. The van der Waals surface area contributed by atoms with Gasteiger partial charge in [0.2, 0.25) is 0 Å². The first-order valence-corrected chi connectivity index (χ1v) is 8.42. The molecule has 0 unspecified atom stereocenters. The lowest BCUT2D eigenvalue weighted by Gasteiger charge is -2.13. The van der Waals surface area contributed by atoms with Crippen molar-refractivity contribution in [2.45, 2.75) is 13.8 Å². The molecule has 128 valence electrons. The van der Waals surface area contributed by atoms with Gasteiger partial charge >= 0.3 is 5.97 Å². The molecule has 0 bridgehead atoms. The van der Waals surface area contributed by atoms with Gasteiger partial charge in [0.25, 0.3) is 0 Å². The molecule has 4 nitrogen and oxygen atoms in total. The van der Waals surface area contributed by atoms with Crippen molar-refractivity contribution < 1.29 is 9.53 Å². The zero-order valence-electron chi connectivity index (χ0n) is 14.1. The van der Waals surface area contributed by atoms with Crippen LogP contribution in [0.5, 0.6) is 0 Å². The third-order valence-electron chi connectivity index (χ3n) is 4.06. The number of esters is 1. The van der Waals surface area contributed by atoms with E-state index >= 15 is 0 Å².